The number of carbonyl (C=O) groups excluding carboxylic acids is 1. The van der Waals surface area contributed by atoms with Gasteiger partial charge in [0.25, 0.3) is 0 Å². The van der Waals surface area contributed by atoms with E-state index in [1.165, 1.54) is 36.6 Å². The third-order valence-corrected chi connectivity index (χ3v) is 7.63. The molecule has 8 heteroatoms. The molecule has 2 aliphatic heterocycles. The van der Waals surface area contributed by atoms with Gasteiger partial charge in [-0.15, -0.1) is 0 Å². The number of halogens is 1. The van der Waals surface area contributed by atoms with Crippen molar-refractivity contribution in [3.63, 3.8) is 0 Å². The topological polar surface area (TPSA) is 74.3 Å². The van der Waals surface area contributed by atoms with Gasteiger partial charge in [-0.3, -0.25) is 9.69 Å². The summed E-state index contributed by atoms with van der Waals surface area (Å²) in [5.74, 6) is 1.43. The number of ether oxygens (including phenoxy) is 2. The normalized spacial score (nSPS) is 21.0. The van der Waals surface area contributed by atoms with E-state index in [1.54, 1.807) is 0 Å². The zero-order valence-corrected chi connectivity index (χ0v) is 22.3. The predicted octanol–water partition coefficient (Wildman–Crippen LogP) is 4.17. The second-order valence-electron chi connectivity index (χ2n) is 9.84. The van der Waals surface area contributed by atoms with Crippen LogP contribution in [0.15, 0.2) is 36.4 Å². The molecular formula is C28H38ClN3O4. The first kappa shape index (κ1) is 26.6. The molecule has 2 aliphatic rings. The van der Waals surface area contributed by atoms with E-state index >= 15 is 0 Å². The number of anilines is 1. The molecule has 0 radical (unpaired) electrons. The van der Waals surface area contributed by atoms with Crippen molar-refractivity contribution in [2.45, 2.75) is 58.2 Å². The SMILES string of the molecule is CC(=O)NC[C@@H](O)COc1ccc([C@H]2CCC[C@H]3CN(c4ccc(OCCl)cc4)CCN32)c(C)c1C. The van der Waals surface area contributed by atoms with Crippen LogP contribution in [0, 0.1) is 13.8 Å². The summed E-state index contributed by atoms with van der Waals surface area (Å²) >= 11 is 5.68. The third kappa shape index (κ3) is 6.25. The van der Waals surface area contributed by atoms with Crippen molar-refractivity contribution in [3.8, 4) is 11.5 Å². The van der Waals surface area contributed by atoms with E-state index in [0.29, 0.717) is 12.1 Å². The van der Waals surface area contributed by atoms with E-state index in [9.17, 15) is 9.90 Å². The van der Waals surface area contributed by atoms with Crippen LogP contribution in [0.2, 0.25) is 0 Å². The molecule has 4 rings (SSSR count). The summed E-state index contributed by atoms with van der Waals surface area (Å²) in [6.45, 7) is 9.08. The summed E-state index contributed by atoms with van der Waals surface area (Å²) in [5, 5.41) is 12.7. The number of carbonyl (C=O) groups is 1. The van der Waals surface area contributed by atoms with Gasteiger partial charge in [-0.05, 0) is 80.1 Å². The molecule has 196 valence electrons. The largest absolute Gasteiger partial charge is 0.491 e. The Kier molecular flexibility index (Phi) is 8.99. The number of nitrogens with zero attached hydrogens (tertiary/aromatic N) is 2. The molecule has 2 N–H and O–H groups in total. The monoisotopic (exact) mass is 515 g/mol. The van der Waals surface area contributed by atoms with Gasteiger partial charge in [-0.2, -0.15) is 0 Å². The number of hydrogen-bond donors (Lipinski definition) is 2. The fourth-order valence-corrected chi connectivity index (χ4v) is 5.60. The van der Waals surface area contributed by atoms with Gasteiger partial charge in [-0.25, -0.2) is 0 Å². The zero-order valence-electron chi connectivity index (χ0n) is 21.5. The van der Waals surface area contributed by atoms with Crippen LogP contribution in [0.4, 0.5) is 5.69 Å². The summed E-state index contributed by atoms with van der Waals surface area (Å²) < 4.78 is 11.3. The minimum absolute atomic E-state index is 0.145. The first-order valence-electron chi connectivity index (χ1n) is 12.8. The number of rotatable bonds is 9. The van der Waals surface area contributed by atoms with Crippen LogP contribution >= 0.6 is 11.6 Å². The molecule has 2 aromatic rings. The van der Waals surface area contributed by atoms with Crippen molar-refractivity contribution in [2.24, 2.45) is 0 Å². The van der Waals surface area contributed by atoms with Crippen LogP contribution in [0.5, 0.6) is 11.5 Å². The van der Waals surface area contributed by atoms with E-state index < -0.39 is 6.10 Å². The molecule has 2 aromatic carbocycles. The van der Waals surface area contributed by atoms with Crippen LogP contribution in [-0.2, 0) is 4.79 Å². The summed E-state index contributed by atoms with van der Waals surface area (Å²) in [7, 11) is 0. The van der Waals surface area contributed by atoms with Gasteiger partial charge in [0, 0.05) is 50.9 Å². The van der Waals surface area contributed by atoms with Crippen molar-refractivity contribution in [1.29, 1.82) is 0 Å². The van der Waals surface area contributed by atoms with Gasteiger partial charge in [0.1, 0.15) is 24.2 Å². The number of amides is 1. The third-order valence-electron chi connectivity index (χ3n) is 7.52. The van der Waals surface area contributed by atoms with Gasteiger partial charge in [0.2, 0.25) is 5.91 Å². The van der Waals surface area contributed by atoms with Crippen LogP contribution in [0.3, 0.4) is 0 Å². The number of aliphatic hydroxyl groups excluding tert-OH is 1. The smallest absolute Gasteiger partial charge is 0.216 e. The Labute approximate surface area is 219 Å². The number of benzene rings is 2. The van der Waals surface area contributed by atoms with Crippen LogP contribution < -0.4 is 19.7 Å². The molecule has 0 spiro atoms. The number of alkyl halides is 1. The lowest BCUT2D eigenvalue weighted by atomic mass is 9.86. The van der Waals surface area contributed by atoms with E-state index in [0.717, 1.165) is 43.1 Å². The highest BCUT2D eigenvalue weighted by Crippen LogP contribution is 2.40. The Balaban J connectivity index is 1.41. The Morgan fingerprint density at radius 2 is 1.89 bits per heavy atom. The molecule has 0 aromatic heterocycles. The van der Waals surface area contributed by atoms with Crippen molar-refractivity contribution in [2.75, 3.05) is 43.8 Å². The molecule has 2 heterocycles. The maximum atomic E-state index is 11.1. The molecule has 1 amide bonds. The van der Waals surface area contributed by atoms with Gasteiger partial charge in [0.15, 0.2) is 6.07 Å². The molecule has 0 unspecified atom stereocenters. The second-order valence-corrected chi connectivity index (χ2v) is 10.1. The minimum atomic E-state index is -0.743. The van der Waals surface area contributed by atoms with Crippen molar-refractivity contribution < 1.29 is 19.4 Å². The lowest BCUT2D eigenvalue weighted by molar-refractivity contribution is -0.119. The Morgan fingerprint density at radius 3 is 2.61 bits per heavy atom. The predicted molar refractivity (Wildman–Crippen MR) is 143 cm³/mol. The first-order valence-corrected chi connectivity index (χ1v) is 13.4. The molecule has 0 saturated carbocycles. The van der Waals surface area contributed by atoms with Gasteiger partial charge in [0.05, 0.1) is 0 Å². The molecular weight excluding hydrogens is 478 g/mol. The van der Waals surface area contributed by atoms with Crippen LogP contribution in [-0.4, -0.2) is 66.9 Å². The maximum absolute atomic E-state index is 11.1. The fraction of sp³-hybridized carbons (Fsp3) is 0.536. The van der Waals surface area contributed by atoms with E-state index in [1.807, 2.05) is 18.2 Å². The summed E-state index contributed by atoms with van der Waals surface area (Å²) in [5.41, 5.74) is 4.97. The van der Waals surface area contributed by atoms with Crippen molar-refractivity contribution in [3.05, 3.63) is 53.1 Å². The van der Waals surface area contributed by atoms with Crippen LogP contribution in [0.1, 0.15) is 48.9 Å². The highest BCUT2D eigenvalue weighted by molar-refractivity contribution is 6.17. The highest BCUT2D eigenvalue weighted by atomic mass is 35.5. The van der Waals surface area contributed by atoms with Gasteiger partial charge < -0.3 is 24.8 Å². The average Bonchev–Trinajstić information content (AvgIpc) is 2.88. The molecule has 7 nitrogen and oxygen atoms in total. The summed E-state index contributed by atoms with van der Waals surface area (Å²) in [4.78, 5) is 16.2. The average molecular weight is 516 g/mol. The Morgan fingerprint density at radius 1 is 1.11 bits per heavy atom. The number of fused-ring (bicyclic) bond motifs is 1. The van der Waals surface area contributed by atoms with E-state index in [-0.39, 0.29) is 25.1 Å². The maximum Gasteiger partial charge on any atom is 0.216 e. The zero-order chi connectivity index (χ0) is 25.7. The Hall–Kier alpha value is -2.48. The molecule has 3 atom stereocenters. The lowest BCUT2D eigenvalue weighted by Crippen LogP contribution is -2.56. The number of piperazine rings is 1. The standard InChI is InChI=1S/C28H38ClN3O4/c1-19-20(2)28(35-17-24(34)15-30-21(3)33)12-11-26(19)27-6-4-5-23-16-31(13-14-32(23)27)22-7-9-25(10-8-22)36-18-29/h7-12,23-24,27,34H,4-6,13-18H2,1-3H3,(H,30,33)/t23-,24+,27+/m0/s1. The van der Waals surface area contributed by atoms with Gasteiger partial charge >= 0.3 is 0 Å². The number of hydrogen-bond acceptors (Lipinski definition) is 6. The molecule has 36 heavy (non-hydrogen) atoms. The second kappa shape index (κ2) is 12.2. The molecule has 0 aliphatic carbocycles. The first-order chi connectivity index (χ1) is 17.4. The number of nitrogens with one attached hydrogen (secondary N) is 1. The summed E-state index contributed by atoms with van der Waals surface area (Å²) in [6.07, 6.45) is 2.85. The molecule has 2 fully saturated rings. The quantitative estimate of drug-likeness (QED) is 0.488. The number of aliphatic hydroxyl groups is 1. The van der Waals surface area contributed by atoms with Gasteiger partial charge in [-0.1, -0.05) is 17.7 Å². The minimum Gasteiger partial charge on any atom is -0.491 e. The van der Waals surface area contributed by atoms with Crippen LogP contribution in [0.25, 0.3) is 0 Å². The Bertz CT molecular complexity index is 1030. The van der Waals surface area contributed by atoms with E-state index in [4.69, 9.17) is 21.1 Å². The fourth-order valence-electron chi connectivity index (χ4n) is 5.47. The molecule has 0 bridgehead atoms. The number of piperidine rings is 1. The molecule has 2 saturated heterocycles. The van der Waals surface area contributed by atoms with E-state index in [2.05, 4.69) is 47.2 Å². The summed E-state index contributed by atoms with van der Waals surface area (Å²) in [6, 6.07) is 13.5. The van der Waals surface area contributed by atoms with Crippen molar-refractivity contribution >= 4 is 23.2 Å². The lowest BCUT2D eigenvalue weighted by Gasteiger charge is -2.49. The highest BCUT2D eigenvalue weighted by Gasteiger charge is 2.36. The van der Waals surface area contributed by atoms with Crippen molar-refractivity contribution in [1.82, 2.24) is 10.2 Å².